The van der Waals surface area contributed by atoms with Gasteiger partial charge in [0.25, 0.3) is 0 Å². The second kappa shape index (κ2) is 10.7. The Bertz CT molecular complexity index is 2210. The Morgan fingerprint density at radius 2 is 0.909 bits per heavy atom. The molecule has 0 saturated heterocycles. The predicted molar refractivity (Wildman–Crippen MR) is 190 cm³/mol. The van der Waals surface area contributed by atoms with Gasteiger partial charge in [0.05, 0.1) is 0 Å². The highest BCUT2D eigenvalue weighted by molar-refractivity contribution is 6.24. The molecule has 7 aromatic carbocycles. The zero-order chi connectivity index (χ0) is 29.6. The van der Waals surface area contributed by atoms with Crippen LogP contribution in [0.5, 0.6) is 0 Å². The van der Waals surface area contributed by atoms with Crippen molar-refractivity contribution in [1.29, 1.82) is 0 Å². The van der Waals surface area contributed by atoms with Gasteiger partial charge in [-0.15, -0.1) is 18.3 Å². The molecule has 0 atom stereocenters. The van der Waals surface area contributed by atoms with E-state index in [0.717, 1.165) is 17.8 Å². The van der Waals surface area contributed by atoms with Crippen LogP contribution < -0.4 is 0 Å². The van der Waals surface area contributed by atoms with Gasteiger partial charge in [0, 0.05) is 0 Å². The number of rotatable bonds is 4. The predicted octanol–water partition coefficient (Wildman–Crippen LogP) is 12.0. The molecule has 0 radical (unpaired) electrons. The standard InChI is InChI=1S/C43H32N/c1-28-12-11-13-29(2)41(28)38-25-26-39(33-15-4-3-14-32(33)38)43-36-18-7-5-16-34(36)42(35-17-6-8-19-37(35)43)31-23-21-30(22-24-31)40-20-9-10-27-44-40/h3-26H,27H2,1-2H3/q-1. The van der Waals surface area contributed by atoms with Gasteiger partial charge in [-0.3, -0.25) is 0 Å². The zero-order valence-corrected chi connectivity index (χ0v) is 25.0. The highest BCUT2D eigenvalue weighted by atomic mass is 14.9. The zero-order valence-electron chi connectivity index (χ0n) is 25.0. The molecule has 0 aliphatic carbocycles. The fourth-order valence-corrected chi connectivity index (χ4v) is 7.12. The molecule has 1 aliphatic heterocycles. The fourth-order valence-electron chi connectivity index (χ4n) is 7.12. The van der Waals surface area contributed by atoms with Crippen molar-refractivity contribution in [2.75, 3.05) is 6.54 Å². The van der Waals surface area contributed by atoms with Gasteiger partial charge >= 0.3 is 0 Å². The Kier molecular flexibility index (Phi) is 6.38. The van der Waals surface area contributed by atoms with E-state index in [9.17, 15) is 0 Å². The lowest BCUT2D eigenvalue weighted by Gasteiger charge is -2.26. The molecule has 0 N–H and O–H groups in total. The van der Waals surface area contributed by atoms with Crippen LogP contribution in [-0.4, -0.2) is 6.54 Å². The number of hydrogen-bond acceptors (Lipinski definition) is 0. The monoisotopic (exact) mass is 562 g/mol. The minimum atomic E-state index is 0.741. The van der Waals surface area contributed by atoms with E-state index in [2.05, 4.69) is 165 Å². The summed E-state index contributed by atoms with van der Waals surface area (Å²) in [4.78, 5) is 0. The van der Waals surface area contributed by atoms with Gasteiger partial charge in [-0.05, 0) is 96.2 Å². The molecule has 8 rings (SSSR count). The highest BCUT2D eigenvalue weighted by Gasteiger charge is 2.19. The van der Waals surface area contributed by atoms with Crippen LogP contribution in [0, 0.1) is 13.8 Å². The summed E-state index contributed by atoms with van der Waals surface area (Å²) in [7, 11) is 0. The molecule has 7 aromatic rings. The molecule has 1 heteroatoms. The van der Waals surface area contributed by atoms with Crippen molar-refractivity contribution in [2.45, 2.75) is 13.8 Å². The van der Waals surface area contributed by atoms with Crippen LogP contribution in [0.2, 0.25) is 0 Å². The average molecular weight is 563 g/mol. The Morgan fingerprint density at radius 3 is 1.43 bits per heavy atom. The van der Waals surface area contributed by atoms with Crippen LogP contribution >= 0.6 is 0 Å². The SMILES string of the molecule is Cc1cccc(C)c1-c1ccc(-c2c3ccccc3c(-c3ccc(C4=CC=CC[N-]4)cc3)c3ccccc23)c2ccccc12. The molecule has 0 aromatic heterocycles. The third-order valence-electron chi connectivity index (χ3n) is 9.10. The van der Waals surface area contributed by atoms with Gasteiger partial charge in [-0.2, -0.15) is 0 Å². The second-order valence-corrected chi connectivity index (χ2v) is 11.7. The first-order valence-corrected chi connectivity index (χ1v) is 15.4. The second-order valence-electron chi connectivity index (χ2n) is 11.7. The van der Waals surface area contributed by atoms with E-state index < -0.39 is 0 Å². The average Bonchev–Trinajstić information content (AvgIpc) is 3.08. The Morgan fingerprint density at radius 1 is 0.432 bits per heavy atom. The van der Waals surface area contributed by atoms with Gasteiger partial charge in [0.15, 0.2) is 0 Å². The van der Waals surface area contributed by atoms with E-state index >= 15 is 0 Å². The molecular formula is C43H32N-. The third-order valence-corrected chi connectivity index (χ3v) is 9.10. The van der Waals surface area contributed by atoms with Gasteiger partial charge in [0.1, 0.15) is 0 Å². The summed E-state index contributed by atoms with van der Waals surface area (Å²) < 4.78 is 0. The first-order chi connectivity index (χ1) is 21.7. The summed E-state index contributed by atoms with van der Waals surface area (Å²) in [6.45, 7) is 5.18. The summed E-state index contributed by atoms with van der Waals surface area (Å²) in [5.74, 6) is 0. The number of aryl methyl sites for hydroxylation is 2. The van der Waals surface area contributed by atoms with Crippen molar-refractivity contribution < 1.29 is 0 Å². The van der Waals surface area contributed by atoms with E-state index in [-0.39, 0.29) is 0 Å². The van der Waals surface area contributed by atoms with Crippen molar-refractivity contribution in [1.82, 2.24) is 0 Å². The molecule has 0 spiro atoms. The lowest BCUT2D eigenvalue weighted by molar-refractivity contribution is 1.38. The molecule has 0 amide bonds. The van der Waals surface area contributed by atoms with E-state index in [0.29, 0.717) is 0 Å². The molecule has 0 unspecified atom stereocenters. The number of fused-ring (bicyclic) bond motifs is 3. The molecule has 1 aliphatic rings. The van der Waals surface area contributed by atoms with Crippen LogP contribution in [0.1, 0.15) is 16.7 Å². The highest BCUT2D eigenvalue weighted by Crippen LogP contribution is 2.47. The molecule has 210 valence electrons. The Hall–Kier alpha value is -5.40. The molecule has 1 heterocycles. The van der Waals surface area contributed by atoms with Crippen molar-refractivity contribution >= 4 is 38.0 Å². The molecule has 0 fully saturated rings. The van der Waals surface area contributed by atoms with Crippen LogP contribution in [-0.2, 0) is 0 Å². The van der Waals surface area contributed by atoms with Crippen LogP contribution in [0.3, 0.4) is 0 Å². The van der Waals surface area contributed by atoms with E-state index in [1.807, 2.05) is 0 Å². The van der Waals surface area contributed by atoms with Gasteiger partial charge in [-0.25, -0.2) is 0 Å². The van der Waals surface area contributed by atoms with Crippen LogP contribution in [0.4, 0.5) is 0 Å². The summed E-state index contributed by atoms with van der Waals surface area (Å²) in [5, 5.41) is 12.3. The van der Waals surface area contributed by atoms with Gasteiger partial charge in [-0.1, -0.05) is 140 Å². The smallest absolute Gasteiger partial charge is 0.00201 e. The van der Waals surface area contributed by atoms with Crippen LogP contribution in [0.25, 0.3) is 76.7 Å². The van der Waals surface area contributed by atoms with Gasteiger partial charge in [0.2, 0.25) is 0 Å². The maximum Gasteiger partial charge on any atom is -0.00201 e. The van der Waals surface area contributed by atoms with E-state index in [4.69, 9.17) is 0 Å². The largest absolute Gasteiger partial charge is 0.681 e. The van der Waals surface area contributed by atoms with Gasteiger partial charge < -0.3 is 5.32 Å². The van der Waals surface area contributed by atoms with E-state index in [1.165, 1.54) is 76.8 Å². The van der Waals surface area contributed by atoms with Crippen molar-refractivity contribution in [3.8, 4) is 33.4 Å². The quantitative estimate of drug-likeness (QED) is 0.189. The first kappa shape index (κ1) is 26.2. The number of allylic oxidation sites excluding steroid dienone is 2. The van der Waals surface area contributed by atoms with Crippen molar-refractivity contribution in [3.05, 3.63) is 168 Å². The summed E-state index contributed by atoms with van der Waals surface area (Å²) in [6, 6.07) is 46.9. The molecule has 0 saturated carbocycles. The Balaban J connectivity index is 1.40. The van der Waals surface area contributed by atoms with Crippen molar-refractivity contribution in [3.63, 3.8) is 0 Å². The van der Waals surface area contributed by atoms with Crippen LogP contribution in [0.15, 0.2) is 146 Å². The number of hydrogen-bond donors (Lipinski definition) is 0. The van der Waals surface area contributed by atoms with Crippen molar-refractivity contribution in [2.24, 2.45) is 0 Å². The molecule has 0 bridgehead atoms. The number of nitrogens with zero attached hydrogens (tertiary/aromatic N) is 1. The lowest BCUT2D eigenvalue weighted by Crippen LogP contribution is -1.94. The molecular weight excluding hydrogens is 530 g/mol. The topological polar surface area (TPSA) is 14.1 Å². The Labute approximate surface area is 258 Å². The molecule has 44 heavy (non-hydrogen) atoms. The minimum Gasteiger partial charge on any atom is -0.681 e. The summed E-state index contributed by atoms with van der Waals surface area (Å²) in [6.07, 6.45) is 6.26. The third kappa shape index (κ3) is 4.24. The minimum absolute atomic E-state index is 0.741. The molecule has 1 nitrogen and oxygen atoms in total. The summed E-state index contributed by atoms with van der Waals surface area (Å²) >= 11 is 0. The van der Waals surface area contributed by atoms with E-state index in [1.54, 1.807) is 0 Å². The first-order valence-electron chi connectivity index (χ1n) is 15.4. The lowest BCUT2D eigenvalue weighted by atomic mass is 9.83. The number of benzene rings is 7. The maximum absolute atomic E-state index is 4.68. The maximum atomic E-state index is 4.68. The summed E-state index contributed by atoms with van der Waals surface area (Å²) in [5.41, 5.74) is 12.5. The fraction of sp³-hybridized carbons (Fsp3) is 0.0698. The normalized spacial score (nSPS) is 12.9.